The van der Waals surface area contributed by atoms with Crippen LogP contribution in [0.4, 0.5) is 0 Å². The number of ether oxygens (including phenoxy) is 1. The standard InChI is InChI=1S/C18H21NO4/c1-14(20)15-7-9-16(10-8-15)22-12-4-6-18(21)19(2)13-17-5-3-11-23-17/h3,5,7-11H,4,6,12-13H2,1-2H3. The molecule has 0 N–H and O–H groups in total. The molecule has 1 amide bonds. The van der Waals surface area contributed by atoms with E-state index in [0.29, 0.717) is 37.3 Å². The Hall–Kier alpha value is -2.56. The highest BCUT2D eigenvalue weighted by Crippen LogP contribution is 2.13. The molecule has 1 aromatic heterocycles. The van der Waals surface area contributed by atoms with E-state index in [4.69, 9.17) is 9.15 Å². The van der Waals surface area contributed by atoms with Gasteiger partial charge in [-0.1, -0.05) is 0 Å². The van der Waals surface area contributed by atoms with Gasteiger partial charge in [-0.05, 0) is 49.7 Å². The largest absolute Gasteiger partial charge is 0.494 e. The van der Waals surface area contributed by atoms with Crippen LogP contribution in [0, 0.1) is 0 Å². The molecule has 2 aromatic rings. The lowest BCUT2D eigenvalue weighted by Crippen LogP contribution is -2.26. The van der Waals surface area contributed by atoms with Crippen LogP contribution in [0.2, 0.25) is 0 Å². The minimum Gasteiger partial charge on any atom is -0.494 e. The van der Waals surface area contributed by atoms with E-state index in [9.17, 15) is 9.59 Å². The highest BCUT2D eigenvalue weighted by Gasteiger charge is 2.10. The zero-order valence-corrected chi connectivity index (χ0v) is 13.5. The second kappa shape index (κ2) is 8.17. The van der Waals surface area contributed by atoms with Crippen LogP contribution in [0.3, 0.4) is 0 Å². The summed E-state index contributed by atoms with van der Waals surface area (Å²) in [5.41, 5.74) is 0.659. The number of nitrogens with zero attached hydrogens (tertiary/aromatic N) is 1. The van der Waals surface area contributed by atoms with Crippen LogP contribution >= 0.6 is 0 Å². The van der Waals surface area contributed by atoms with Gasteiger partial charge in [0.05, 0.1) is 19.4 Å². The Kier molecular flexibility index (Phi) is 5.97. The molecule has 1 heterocycles. The second-order valence-corrected chi connectivity index (χ2v) is 5.36. The van der Waals surface area contributed by atoms with Crippen LogP contribution in [-0.2, 0) is 11.3 Å². The lowest BCUT2D eigenvalue weighted by Gasteiger charge is -2.15. The molecule has 0 atom stereocenters. The maximum absolute atomic E-state index is 12.0. The molecule has 0 spiro atoms. The molecular formula is C18H21NO4. The van der Waals surface area contributed by atoms with E-state index < -0.39 is 0 Å². The summed E-state index contributed by atoms with van der Waals surface area (Å²) in [6.07, 6.45) is 2.65. The molecule has 23 heavy (non-hydrogen) atoms. The van der Waals surface area contributed by atoms with Crippen LogP contribution in [0.25, 0.3) is 0 Å². The van der Waals surface area contributed by atoms with Crippen molar-refractivity contribution in [2.24, 2.45) is 0 Å². The lowest BCUT2D eigenvalue weighted by atomic mass is 10.1. The highest BCUT2D eigenvalue weighted by molar-refractivity contribution is 5.94. The van der Waals surface area contributed by atoms with Gasteiger partial charge in [0.1, 0.15) is 11.5 Å². The van der Waals surface area contributed by atoms with Crippen molar-refractivity contribution < 1.29 is 18.7 Å². The van der Waals surface area contributed by atoms with E-state index in [1.807, 2.05) is 6.07 Å². The number of ketones is 1. The molecule has 0 unspecified atom stereocenters. The number of amides is 1. The molecular weight excluding hydrogens is 294 g/mol. The number of Topliss-reactive ketones (excluding diaryl/α,β-unsaturated/α-hetero) is 1. The maximum atomic E-state index is 12.0. The molecule has 5 nitrogen and oxygen atoms in total. The fourth-order valence-corrected chi connectivity index (χ4v) is 2.11. The van der Waals surface area contributed by atoms with Gasteiger partial charge in [0.15, 0.2) is 5.78 Å². The zero-order chi connectivity index (χ0) is 16.7. The Balaban J connectivity index is 1.68. The fraction of sp³-hybridized carbons (Fsp3) is 0.333. The first kappa shape index (κ1) is 16.8. The van der Waals surface area contributed by atoms with Crippen molar-refractivity contribution in [3.8, 4) is 5.75 Å². The smallest absolute Gasteiger partial charge is 0.222 e. The number of benzene rings is 1. The van der Waals surface area contributed by atoms with E-state index in [-0.39, 0.29) is 11.7 Å². The maximum Gasteiger partial charge on any atom is 0.222 e. The summed E-state index contributed by atoms with van der Waals surface area (Å²) < 4.78 is 10.8. The zero-order valence-electron chi connectivity index (χ0n) is 13.5. The van der Waals surface area contributed by atoms with E-state index >= 15 is 0 Å². The number of carbonyl (C=O) groups excluding carboxylic acids is 2. The summed E-state index contributed by atoms with van der Waals surface area (Å²) in [5, 5.41) is 0. The highest BCUT2D eigenvalue weighted by atomic mass is 16.5. The van der Waals surface area contributed by atoms with Crippen molar-refractivity contribution in [2.75, 3.05) is 13.7 Å². The minimum absolute atomic E-state index is 0.0294. The summed E-state index contributed by atoms with van der Waals surface area (Å²) in [4.78, 5) is 24.8. The first-order chi connectivity index (χ1) is 11.1. The molecule has 0 fully saturated rings. The molecule has 0 aliphatic heterocycles. The van der Waals surface area contributed by atoms with Crippen molar-refractivity contribution in [3.63, 3.8) is 0 Å². The molecule has 122 valence electrons. The van der Waals surface area contributed by atoms with Crippen LogP contribution in [-0.4, -0.2) is 30.2 Å². The molecule has 0 saturated carbocycles. The summed E-state index contributed by atoms with van der Waals surface area (Å²) in [6, 6.07) is 10.7. The number of furan rings is 1. The Morgan fingerprint density at radius 2 is 1.91 bits per heavy atom. The summed E-state index contributed by atoms with van der Waals surface area (Å²) >= 11 is 0. The average molecular weight is 315 g/mol. The third-order valence-corrected chi connectivity index (χ3v) is 3.46. The van der Waals surface area contributed by atoms with Gasteiger partial charge in [-0.2, -0.15) is 0 Å². The predicted molar refractivity (Wildman–Crippen MR) is 86.4 cm³/mol. The Bertz CT molecular complexity index is 632. The third-order valence-electron chi connectivity index (χ3n) is 3.46. The quantitative estimate of drug-likeness (QED) is 0.554. The van der Waals surface area contributed by atoms with Gasteiger partial charge in [-0.15, -0.1) is 0 Å². The Labute approximate surface area is 135 Å². The number of hydrogen-bond donors (Lipinski definition) is 0. The molecule has 0 radical (unpaired) electrons. The van der Waals surface area contributed by atoms with Gasteiger partial charge in [0, 0.05) is 19.0 Å². The van der Waals surface area contributed by atoms with E-state index in [0.717, 1.165) is 5.76 Å². The number of hydrogen-bond acceptors (Lipinski definition) is 4. The summed E-state index contributed by atoms with van der Waals surface area (Å²) in [5.74, 6) is 1.55. The third kappa shape index (κ3) is 5.29. The molecule has 0 aliphatic rings. The van der Waals surface area contributed by atoms with Gasteiger partial charge >= 0.3 is 0 Å². The number of carbonyl (C=O) groups is 2. The van der Waals surface area contributed by atoms with Crippen LogP contribution in [0.5, 0.6) is 5.75 Å². The average Bonchev–Trinajstić information content (AvgIpc) is 3.04. The van der Waals surface area contributed by atoms with Crippen molar-refractivity contribution in [2.45, 2.75) is 26.3 Å². The normalized spacial score (nSPS) is 10.3. The lowest BCUT2D eigenvalue weighted by molar-refractivity contribution is -0.130. The molecule has 2 rings (SSSR count). The van der Waals surface area contributed by atoms with Gasteiger partial charge < -0.3 is 14.1 Å². The van der Waals surface area contributed by atoms with Crippen molar-refractivity contribution in [3.05, 3.63) is 54.0 Å². The second-order valence-electron chi connectivity index (χ2n) is 5.36. The monoisotopic (exact) mass is 315 g/mol. The molecule has 0 saturated heterocycles. The van der Waals surface area contributed by atoms with E-state index in [2.05, 4.69) is 0 Å². The SMILES string of the molecule is CC(=O)c1ccc(OCCCC(=O)N(C)Cc2ccco2)cc1. The fourth-order valence-electron chi connectivity index (χ4n) is 2.11. The molecule has 0 bridgehead atoms. The Morgan fingerprint density at radius 3 is 2.52 bits per heavy atom. The molecule has 5 heteroatoms. The first-order valence-corrected chi connectivity index (χ1v) is 7.56. The molecule has 0 aliphatic carbocycles. The van der Waals surface area contributed by atoms with E-state index in [1.54, 1.807) is 48.5 Å². The van der Waals surface area contributed by atoms with Crippen molar-refractivity contribution in [1.82, 2.24) is 4.90 Å². The van der Waals surface area contributed by atoms with E-state index in [1.165, 1.54) is 6.92 Å². The molecule has 1 aromatic carbocycles. The van der Waals surface area contributed by atoms with Crippen molar-refractivity contribution >= 4 is 11.7 Å². The van der Waals surface area contributed by atoms with Gasteiger partial charge in [-0.25, -0.2) is 0 Å². The van der Waals surface area contributed by atoms with Crippen LogP contribution in [0.15, 0.2) is 47.1 Å². The van der Waals surface area contributed by atoms with Gasteiger partial charge in [-0.3, -0.25) is 9.59 Å². The first-order valence-electron chi connectivity index (χ1n) is 7.56. The summed E-state index contributed by atoms with van der Waals surface area (Å²) in [6.45, 7) is 2.46. The minimum atomic E-state index is 0.0294. The number of rotatable bonds is 8. The van der Waals surface area contributed by atoms with Crippen LogP contribution < -0.4 is 4.74 Å². The van der Waals surface area contributed by atoms with Gasteiger partial charge in [0.25, 0.3) is 0 Å². The van der Waals surface area contributed by atoms with Crippen molar-refractivity contribution in [1.29, 1.82) is 0 Å². The van der Waals surface area contributed by atoms with Crippen LogP contribution in [0.1, 0.15) is 35.9 Å². The Morgan fingerprint density at radius 1 is 1.17 bits per heavy atom. The predicted octanol–water partition coefficient (Wildman–Crippen LogP) is 3.30. The van der Waals surface area contributed by atoms with Gasteiger partial charge in [0.2, 0.25) is 5.91 Å². The topological polar surface area (TPSA) is 59.8 Å². The summed E-state index contributed by atoms with van der Waals surface area (Å²) in [7, 11) is 1.76.